The molecule has 0 unspecified atom stereocenters. The van der Waals surface area contributed by atoms with Crippen molar-refractivity contribution < 1.29 is 4.74 Å². The highest BCUT2D eigenvalue weighted by Gasteiger charge is 2.13. The van der Waals surface area contributed by atoms with Gasteiger partial charge in [-0.3, -0.25) is 0 Å². The van der Waals surface area contributed by atoms with Crippen molar-refractivity contribution in [3.8, 4) is 17.0 Å². The normalized spacial score (nSPS) is 10.8. The summed E-state index contributed by atoms with van der Waals surface area (Å²) in [4.78, 5) is 4.60. The van der Waals surface area contributed by atoms with Gasteiger partial charge in [-0.15, -0.1) is 0 Å². The van der Waals surface area contributed by atoms with Crippen molar-refractivity contribution in [2.24, 2.45) is 12.8 Å². The monoisotopic (exact) mass is 259 g/mol. The molecule has 0 fully saturated rings. The lowest BCUT2D eigenvalue weighted by atomic mass is 10.1. The molecule has 1 heterocycles. The molecule has 2 N–H and O–H groups in total. The molecule has 1 aromatic heterocycles. The first-order valence-corrected chi connectivity index (χ1v) is 6.45. The zero-order chi connectivity index (χ0) is 14.0. The van der Waals surface area contributed by atoms with Crippen LogP contribution in [0.4, 0.5) is 0 Å². The van der Waals surface area contributed by atoms with E-state index < -0.39 is 0 Å². The molecule has 0 atom stereocenters. The van der Waals surface area contributed by atoms with Crippen molar-refractivity contribution >= 4 is 0 Å². The van der Waals surface area contributed by atoms with Gasteiger partial charge in [0.15, 0.2) is 0 Å². The molecule has 102 valence electrons. The van der Waals surface area contributed by atoms with Gasteiger partial charge in [-0.1, -0.05) is 0 Å². The van der Waals surface area contributed by atoms with E-state index in [2.05, 4.69) is 28.6 Å². The van der Waals surface area contributed by atoms with Crippen LogP contribution in [0.5, 0.6) is 5.75 Å². The lowest BCUT2D eigenvalue weighted by Gasteiger charge is -2.10. The fourth-order valence-corrected chi connectivity index (χ4v) is 2.47. The topological polar surface area (TPSA) is 53.1 Å². The predicted octanol–water partition coefficient (Wildman–Crippen LogP) is 2.21. The van der Waals surface area contributed by atoms with Gasteiger partial charge in [0.05, 0.1) is 18.5 Å². The first-order valence-electron chi connectivity index (χ1n) is 6.45. The second-order valence-corrected chi connectivity index (χ2v) is 4.74. The zero-order valence-electron chi connectivity index (χ0n) is 12.0. The second-order valence-electron chi connectivity index (χ2n) is 4.74. The summed E-state index contributed by atoms with van der Waals surface area (Å²) in [5.41, 5.74) is 10.1. The Morgan fingerprint density at radius 3 is 2.63 bits per heavy atom. The molecule has 0 amide bonds. The van der Waals surface area contributed by atoms with Crippen LogP contribution in [0.15, 0.2) is 18.2 Å². The number of nitrogens with two attached hydrogens (primary N) is 1. The van der Waals surface area contributed by atoms with Crippen LogP contribution in [0.1, 0.15) is 17.1 Å². The van der Waals surface area contributed by atoms with Crippen molar-refractivity contribution in [2.75, 3.05) is 13.7 Å². The SMILES string of the molecule is COc1ccc(-c2c(C)nc(CCN)n2C)cc1C. The molecule has 0 aliphatic rings. The summed E-state index contributed by atoms with van der Waals surface area (Å²) in [7, 11) is 3.73. The fourth-order valence-electron chi connectivity index (χ4n) is 2.47. The van der Waals surface area contributed by atoms with E-state index >= 15 is 0 Å². The number of aryl methyl sites for hydroxylation is 2. The molecule has 0 bridgehead atoms. The summed E-state index contributed by atoms with van der Waals surface area (Å²) in [5, 5.41) is 0. The van der Waals surface area contributed by atoms with E-state index in [0.717, 1.165) is 40.5 Å². The molecule has 2 aromatic rings. The summed E-state index contributed by atoms with van der Waals surface area (Å²) >= 11 is 0. The second kappa shape index (κ2) is 5.45. The smallest absolute Gasteiger partial charge is 0.121 e. The van der Waals surface area contributed by atoms with E-state index in [9.17, 15) is 0 Å². The minimum Gasteiger partial charge on any atom is -0.496 e. The molecule has 0 radical (unpaired) electrons. The van der Waals surface area contributed by atoms with Crippen molar-refractivity contribution in [3.63, 3.8) is 0 Å². The Labute approximate surface area is 114 Å². The van der Waals surface area contributed by atoms with Gasteiger partial charge in [0.2, 0.25) is 0 Å². The first kappa shape index (κ1) is 13.6. The first-order chi connectivity index (χ1) is 9.08. The quantitative estimate of drug-likeness (QED) is 0.916. The molecular weight excluding hydrogens is 238 g/mol. The average Bonchev–Trinajstić information content (AvgIpc) is 2.65. The van der Waals surface area contributed by atoms with E-state index in [1.807, 2.05) is 20.0 Å². The minimum absolute atomic E-state index is 0.616. The van der Waals surface area contributed by atoms with E-state index in [1.54, 1.807) is 7.11 Å². The molecular formula is C15H21N3O. The Hall–Kier alpha value is -1.81. The number of hydrogen-bond donors (Lipinski definition) is 1. The molecule has 2 rings (SSSR count). The Morgan fingerprint density at radius 2 is 2.05 bits per heavy atom. The molecule has 0 saturated carbocycles. The largest absolute Gasteiger partial charge is 0.496 e. The molecule has 19 heavy (non-hydrogen) atoms. The fraction of sp³-hybridized carbons (Fsp3) is 0.400. The molecule has 0 saturated heterocycles. The van der Waals surface area contributed by atoms with E-state index in [4.69, 9.17) is 10.5 Å². The number of imidazole rings is 1. The number of rotatable bonds is 4. The number of methoxy groups -OCH3 is 1. The van der Waals surface area contributed by atoms with E-state index in [0.29, 0.717) is 6.54 Å². The number of nitrogens with zero attached hydrogens (tertiary/aromatic N) is 2. The third-order valence-corrected chi connectivity index (χ3v) is 3.40. The Kier molecular flexibility index (Phi) is 3.90. The Morgan fingerprint density at radius 1 is 1.32 bits per heavy atom. The highest BCUT2D eigenvalue weighted by Crippen LogP contribution is 2.28. The van der Waals surface area contributed by atoms with Gasteiger partial charge in [-0.25, -0.2) is 4.98 Å². The summed E-state index contributed by atoms with van der Waals surface area (Å²) in [5.74, 6) is 1.94. The summed E-state index contributed by atoms with van der Waals surface area (Å²) < 4.78 is 7.43. The third kappa shape index (κ3) is 2.49. The van der Waals surface area contributed by atoms with E-state index in [-0.39, 0.29) is 0 Å². The van der Waals surface area contributed by atoms with Crippen molar-refractivity contribution in [2.45, 2.75) is 20.3 Å². The van der Waals surface area contributed by atoms with Gasteiger partial charge < -0.3 is 15.0 Å². The Balaban J connectivity index is 2.49. The average molecular weight is 259 g/mol. The maximum atomic E-state index is 5.62. The molecule has 4 heteroatoms. The van der Waals surface area contributed by atoms with E-state index in [1.165, 1.54) is 0 Å². The van der Waals surface area contributed by atoms with Gasteiger partial charge in [-0.2, -0.15) is 0 Å². The van der Waals surface area contributed by atoms with Gasteiger partial charge >= 0.3 is 0 Å². The zero-order valence-corrected chi connectivity index (χ0v) is 12.0. The van der Waals surface area contributed by atoms with Crippen LogP contribution >= 0.6 is 0 Å². The van der Waals surface area contributed by atoms with Crippen LogP contribution in [0.25, 0.3) is 11.3 Å². The molecule has 4 nitrogen and oxygen atoms in total. The predicted molar refractivity (Wildman–Crippen MR) is 77.4 cm³/mol. The van der Waals surface area contributed by atoms with Crippen LogP contribution in [0, 0.1) is 13.8 Å². The van der Waals surface area contributed by atoms with Crippen LogP contribution in [-0.2, 0) is 13.5 Å². The van der Waals surface area contributed by atoms with Crippen LogP contribution in [-0.4, -0.2) is 23.2 Å². The standard InChI is InChI=1S/C15H21N3O/c1-10-9-12(5-6-13(10)19-4)15-11(2)17-14(7-8-16)18(15)3/h5-6,9H,7-8,16H2,1-4H3. The Bertz CT molecular complexity index is 587. The van der Waals surface area contributed by atoms with Crippen LogP contribution in [0.2, 0.25) is 0 Å². The summed E-state index contributed by atoms with van der Waals surface area (Å²) in [6.07, 6.45) is 0.798. The van der Waals surface area contributed by atoms with Gasteiger partial charge in [0, 0.05) is 19.0 Å². The maximum absolute atomic E-state index is 5.62. The van der Waals surface area contributed by atoms with Gasteiger partial charge in [-0.05, 0) is 44.2 Å². The summed E-state index contributed by atoms with van der Waals surface area (Å²) in [6, 6.07) is 6.21. The molecule has 1 aromatic carbocycles. The number of hydrogen-bond acceptors (Lipinski definition) is 3. The van der Waals surface area contributed by atoms with Crippen LogP contribution in [0.3, 0.4) is 0 Å². The van der Waals surface area contributed by atoms with Gasteiger partial charge in [0.1, 0.15) is 11.6 Å². The lowest BCUT2D eigenvalue weighted by Crippen LogP contribution is -2.08. The number of ether oxygens (including phenoxy) is 1. The van der Waals surface area contributed by atoms with Crippen molar-refractivity contribution in [3.05, 3.63) is 35.3 Å². The lowest BCUT2D eigenvalue weighted by molar-refractivity contribution is 0.412. The van der Waals surface area contributed by atoms with Crippen molar-refractivity contribution in [1.82, 2.24) is 9.55 Å². The molecule has 0 spiro atoms. The van der Waals surface area contributed by atoms with Gasteiger partial charge in [0.25, 0.3) is 0 Å². The summed E-state index contributed by atoms with van der Waals surface area (Å²) in [6.45, 7) is 4.70. The highest BCUT2D eigenvalue weighted by atomic mass is 16.5. The van der Waals surface area contributed by atoms with Crippen molar-refractivity contribution in [1.29, 1.82) is 0 Å². The minimum atomic E-state index is 0.616. The number of benzene rings is 1. The van der Waals surface area contributed by atoms with Crippen LogP contribution < -0.4 is 10.5 Å². The highest BCUT2D eigenvalue weighted by molar-refractivity contribution is 5.65. The molecule has 0 aliphatic heterocycles. The number of aromatic nitrogens is 2. The maximum Gasteiger partial charge on any atom is 0.121 e. The molecule has 0 aliphatic carbocycles. The third-order valence-electron chi connectivity index (χ3n) is 3.40.